The van der Waals surface area contributed by atoms with Gasteiger partial charge in [-0.3, -0.25) is 0 Å². The Balaban J connectivity index is 1.78. The summed E-state index contributed by atoms with van der Waals surface area (Å²) in [6.07, 6.45) is 11.4. The Kier molecular flexibility index (Phi) is 5.30. The van der Waals surface area contributed by atoms with E-state index in [1.807, 2.05) is 0 Å². The molecule has 1 aliphatic carbocycles. The number of likely N-dealkylation sites (tertiary alicyclic amines) is 1. The molecule has 1 heterocycles. The minimum absolute atomic E-state index is 0.750. The zero-order chi connectivity index (χ0) is 12.1. The van der Waals surface area contributed by atoms with Crippen LogP contribution < -0.4 is 5.73 Å². The number of hydrogen-bond donors (Lipinski definition) is 1. The van der Waals surface area contributed by atoms with E-state index in [1.165, 1.54) is 64.5 Å². The Morgan fingerprint density at radius 1 is 1.18 bits per heavy atom. The minimum Gasteiger partial charge on any atom is -0.330 e. The zero-order valence-electron chi connectivity index (χ0n) is 11.5. The fraction of sp³-hybridized carbons (Fsp3) is 1.00. The molecule has 1 aliphatic heterocycles. The summed E-state index contributed by atoms with van der Waals surface area (Å²) in [4.78, 5) is 2.79. The zero-order valence-corrected chi connectivity index (χ0v) is 11.5. The van der Waals surface area contributed by atoms with Crippen molar-refractivity contribution in [2.24, 2.45) is 17.6 Å². The predicted octanol–water partition coefficient (Wildman–Crippen LogP) is 3.02. The second kappa shape index (κ2) is 6.75. The first-order valence-electron chi connectivity index (χ1n) is 7.79. The Morgan fingerprint density at radius 3 is 2.59 bits per heavy atom. The third-order valence-electron chi connectivity index (χ3n) is 5.09. The molecule has 0 amide bonds. The van der Waals surface area contributed by atoms with E-state index < -0.39 is 0 Å². The molecule has 0 spiro atoms. The van der Waals surface area contributed by atoms with Crippen molar-refractivity contribution < 1.29 is 0 Å². The van der Waals surface area contributed by atoms with Crippen LogP contribution in [0.1, 0.15) is 58.3 Å². The molecule has 0 aromatic rings. The molecule has 100 valence electrons. The molecule has 0 radical (unpaired) electrons. The molecular formula is C15H30N2. The lowest BCUT2D eigenvalue weighted by Crippen LogP contribution is -2.36. The largest absolute Gasteiger partial charge is 0.330 e. The maximum atomic E-state index is 5.81. The van der Waals surface area contributed by atoms with Crippen LogP contribution in [0.2, 0.25) is 0 Å². The van der Waals surface area contributed by atoms with E-state index in [1.54, 1.807) is 0 Å². The van der Waals surface area contributed by atoms with E-state index in [0.717, 1.165) is 24.4 Å². The molecule has 2 N–H and O–H groups in total. The molecule has 0 bridgehead atoms. The highest BCUT2D eigenvalue weighted by Crippen LogP contribution is 2.35. The van der Waals surface area contributed by atoms with Crippen molar-refractivity contribution in [3.8, 4) is 0 Å². The molecular weight excluding hydrogens is 208 g/mol. The van der Waals surface area contributed by atoms with Gasteiger partial charge in [0, 0.05) is 6.04 Å². The smallest absolute Gasteiger partial charge is 0.0124 e. The van der Waals surface area contributed by atoms with Crippen LogP contribution >= 0.6 is 0 Å². The normalized spacial score (nSPS) is 28.9. The first-order chi connectivity index (χ1) is 8.35. The quantitative estimate of drug-likeness (QED) is 0.771. The van der Waals surface area contributed by atoms with Crippen molar-refractivity contribution >= 4 is 0 Å². The maximum absolute atomic E-state index is 5.81. The third-order valence-corrected chi connectivity index (χ3v) is 5.09. The molecule has 2 atom stereocenters. The first kappa shape index (κ1) is 13.4. The van der Waals surface area contributed by atoms with Crippen LogP contribution in [0, 0.1) is 11.8 Å². The van der Waals surface area contributed by atoms with Crippen LogP contribution in [-0.2, 0) is 0 Å². The van der Waals surface area contributed by atoms with Gasteiger partial charge in [0.2, 0.25) is 0 Å². The van der Waals surface area contributed by atoms with Crippen LogP contribution in [0.25, 0.3) is 0 Å². The maximum Gasteiger partial charge on any atom is 0.0124 e. The fourth-order valence-electron chi connectivity index (χ4n) is 3.84. The molecule has 2 unspecified atom stereocenters. The van der Waals surface area contributed by atoms with Gasteiger partial charge in [0.05, 0.1) is 0 Å². The van der Waals surface area contributed by atoms with Gasteiger partial charge in [-0.15, -0.1) is 0 Å². The van der Waals surface area contributed by atoms with Crippen LogP contribution in [0.15, 0.2) is 0 Å². The van der Waals surface area contributed by atoms with Gasteiger partial charge in [0.1, 0.15) is 0 Å². The topological polar surface area (TPSA) is 29.3 Å². The third kappa shape index (κ3) is 3.45. The van der Waals surface area contributed by atoms with Gasteiger partial charge in [-0.05, 0) is 63.6 Å². The summed E-state index contributed by atoms with van der Waals surface area (Å²) in [7, 11) is 0. The molecule has 2 nitrogen and oxygen atoms in total. The Labute approximate surface area is 107 Å². The Bertz CT molecular complexity index is 207. The van der Waals surface area contributed by atoms with Crippen molar-refractivity contribution in [2.75, 3.05) is 19.6 Å². The van der Waals surface area contributed by atoms with Crippen LogP contribution in [-0.4, -0.2) is 30.6 Å². The van der Waals surface area contributed by atoms with Gasteiger partial charge >= 0.3 is 0 Å². The Morgan fingerprint density at radius 2 is 1.94 bits per heavy atom. The van der Waals surface area contributed by atoms with Gasteiger partial charge < -0.3 is 10.6 Å². The lowest BCUT2D eigenvalue weighted by atomic mass is 9.95. The summed E-state index contributed by atoms with van der Waals surface area (Å²) in [6.45, 7) is 5.80. The minimum atomic E-state index is 0.750. The van der Waals surface area contributed by atoms with Crippen LogP contribution in [0.4, 0.5) is 0 Å². The van der Waals surface area contributed by atoms with E-state index in [4.69, 9.17) is 5.73 Å². The molecule has 2 fully saturated rings. The van der Waals surface area contributed by atoms with E-state index in [-0.39, 0.29) is 0 Å². The highest BCUT2D eigenvalue weighted by molar-refractivity contribution is 4.87. The van der Waals surface area contributed by atoms with Crippen LogP contribution in [0.3, 0.4) is 0 Å². The van der Waals surface area contributed by atoms with E-state index in [9.17, 15) is 0 Å². The standard InChI is InChI=1S/C15H30N2/c1-2-13(12-16)9-11-17-10-5-8-15(17)14-6-3-4-7-14/h13-15H,2-12,16H2,1H3. The fourth-order valence-corrected chi connectivity index (χ4v) is 3.84. The van der Waals surface area contributed by atoms with Crippen molar-refractivity contribution in [3.63, 3.8) is 0 Å². The molecule has 0 aromatic heterocycles. The van der Waals surface area contributed by atoms with E-state index >= 15 is 0 Å². The van der Waals surface area contributed by atoms with Crippen molar-refractivity contribution in [1.82, 2.24) is 4.90 Å². The van der Waals surface area contributed by atoms with E-state index in [0.29, 0.717) is 0 Å². The lowest BCUT2D eigenvalue weighted by Gasteiger charge is -2.30. The van der Waals surface area contributed by atoms with Crippen LogP contribution in [0.5, 0.6) is 0 Å². The summed E-state index contributed by atoms with van der Waals surface area (Å²) >= 11 is 0. The van der Waals surface area contributed by atoms with Crippen molar-refractivity contribution in [2.45, 2.75) is 64.3 Å². The molecule has 2 aliphatic rings. The van der Waals surface area contributed by atoms with Crippen molar-refractivity contribution in [1.29, 1.82) is 0 Å². The van der Waals surface area contributed by atoms with Gasteiger partial charge in [-0.2, -0.15) is 0 Å². The summed E-state index contributed by atoms with van der Waals surface area (Å²) in [5.74, 6) is 1.77. The summed E-state index contributed by atoms with van der Waals surface area (Å²) < 4.78 is 0. The van der Waals surface area contributed by atoms with Crippen molar-refractivity contribution in [3.05, 3.63) is 0 Å². The van der Waals surface area contributed by atoms with E-state index in [2.05, 4.69) is 11.8 Å². The number of nitrogens with two attached hydrogens (primary N) is 1. The predicted molar refractivity (Wildman–Crippen MR) is 74.0 cm³/mol. The average Bonchev–Trinajstić information content (AvgIpc) is 3.00. The molecule has 17 heavy (non-hydrogen) atoms. The highest BCUT2D eigenvalue weighted by Gasteiger charge is 2.32. The molecule has 1 saturated heterocycles. The summed E-state index contributed by atoms with van der Waals surface area (Å²) in [6, 6.07) is 0.924. The monoisotopic (exact) mass is 238 g/mol. The second-order valence-corrected chi connectivity index (χ2v) is 6.09. The number of rotatable bonds is 6. The molecule has 1 saturated carbocycles. The van der Waals surface area contributed by atoms with Gasteiger partial charge in [0.25, 0.3) is 0 Å². The lowest BCUT2D eigenvalue weighted by molar-refractivity contribution is 0.179. The first-order valence-corrected chi connectivity index (χ1v) is 7.79. The summed E-state index contributed by atoms with van der Waals surface area (Å²) in [5.41, 5.74) is 5.81. The average molecular weight is 238 g/mol. The van der Waals surface area contributed by atoms with Gasteiger partial charge in [0.15, 0.2) is 0 Å². The molecule has 0 aromatic carbocycles. The van der Waals surface area contributed by atoms with Gasteiger partial charge in [-0.1, -0.05) is 26.2 Å². The molecule has 2 heteroatoms. The summed E-state index contributed by atoms with van der Waals surface area (Å²) in [5, 5.41) is 0. The second-order valence-electron chi connectivity index (χ2n) is 6.09. The Hall–Kier alpha value is -0.0800. The highest BCUT2D eigenvalue weighted by atomic mass is 15.2. The number of nitrogens with zero attached hydrogens (tertiary/aromatic N) is 1. The SMILES string of the molecule is CCC(CN)CCN1CCCC1C1CCCC1. The van der Waals surface area contributed by atoms with Gasteiger partial charge in [-0.25, -0.2) is 0 Å². The molecule has 2 rings (SSSR count). The number of hydrogen-bond acceptors (Lipinski definition) is 2.